The zero-order valence-electron chi connectivity index (χ0n) is 16.3. The lowest BCUT2D eigenvalue weighted by Gasteiger charge is -2.19. The van der Waals surface area contributed by atoms with Crippen molar-refractivity contribution >= 4 is 37.5 Å². The van der Waals surface area contributed by atoms with E-state index in [1.807, 2.05) is 20.8 Å². The first-order valence-electron chi connectivity index (χ1n) is 8.70. The number of phenolic OH excluding ortho intramolecular Hbond substituents is 1. The average molecular weight is 458 g/mol. The molecule has 0 bridgehead atoms. The summed E-state index contributed by atoms with van der Waals surface area (Å²) in [6.45, 7) is 5.22. The molecule has 12 heteroatoms. The number of anilines is 2. The number of halogens is 1. The summed E-state index contributed by atoms with van der Waals surface area (Å²) in [6, 6.07) is 7.71. The van der Waals surface area contributed by atoms with E-state index in [0.717, 1.165) is 11.6 Å². The summed E-state index contributed by atoms with van der Waals surface area (Å²) in [7, 11) is -8.45. The summed E-state index contributed by atoms with van der Waals surface area (Å²) in [5.41, 5.74) is -0.327. The first-order chi connectivity index (χ1) is 13.7. The Morgan fingerprint density at radius 2 is 1.77 bits per heavy atom. The van der Waals surface area contributed by atoms with E-state index in [4.69, 9.17) is 0 Å². The molecule has 2 aromatic rings. The molecule has 1 heterocycles. The van der Waals surface area contributed by atoms with E-state index >= 15 is 0 Å². The summed E-state index contributed by atoms with van der Waals surface area (Å²) in [6.07, 6.45) is 0. The third-order valence-electron chi connectivity index (χ3n) is 4.40. The van der Waals surface area contributed by atoms with Crippen molar-refractivity contribution in [1.82, 2.24) is 4.72 Å². The number of amides is 1. The molecule has 0 spiro atoms. The van der Waals surface area contributed by atoms with Gasteiger partial charge >= 0.3 is 10.2 Å². The van der Waals surface area contributed by atoms with Crippen LogP contribution in [0.1, 0.15) is 26.3 Å². The number of nitrogens with one attached hydrogen (secondary N) is 2. The van der Waals surface area contributed by atoms with Crippen molar-refractivity contribution in [3.8, 4) is 5.75 Å². The number of nitrogens with zero attached hydrogens (tertiary/aromatic N) is 1. The number of carbonyl (C=O) groups excluding carboxylic acids is 1. The largest absolute Gasteiger partial charge is 0.506 e. The maximum absolute atomic E-state index is 14.6. The number of aromatic hydroxyl groups is 1. The predicted molar refractivity (Wildman–Crippen MR) is 108 cm³/mol. The quantitative estimate of drug-likeness (QED) is 0.641. The average Bonchev–Trinajstić information content (AvgIpc) is 2.85. The van der Waals surface area contributed by atoms with Crippen LogP contribution in [0.4, 0.5) is 15.8 Å². The summed E-state index contributed by atoms with van der Waals surface area (Å²) >= 11 is 0. The molecule has 0 atom stereocenters. The number of rotatable bonds is 4. The van der Waals surface area contributed by atoms with Crippen LogP contribution >= 0.6 is 0 Å². The van der Waals surface area contributed by atoms with E-state index in [2.05, 4.69) is 4.72 Å². The molecule has 3 N–H and O–H groups in total. The van der Waals surface area contributed by atoms with Crippen LogP contribution in [-0.2, 0) is 30.4 Å². The van der Waals surface area contributed by atoms with Crippen LogP contribution in [-0.4, -0.2) is 34.4 Å². The molecule has 2 aromatic carbocycles. The van der Waals surface area contributed by atoms with Gasteiger partial charge in [-0.1, -0.05) is 32.9 Å². The van der Waals surface area contributed by atoms with Crippen molar-refractivity contribution in [2.75, 3.05) is 15.6 Å². The van der Waals surface area contributed by atoms with Gasteiger partial charge in [-0.25, -0.2) is 21.8 Å². The van der Waals surface area contributed by atoms with Gasteiger partial charge in [0.25, 0.3) is 15.9 Å². The van der Waals surface area contributed by atoms with Crippen molar-refractivity contribution in [2.24, 2.45) is 0 Å². The van der Waals surface area contributed by atoms with Crippen molar-refractivity contribution in [2.45, 2.75) is 31.1 Å². The standard InChI is InChI=1S/C18H20FN3O6S2/c1-18(2,3)11-4-6-13(7-5-11)29(25,26)20-12-8-14(19)17(15(23)9-12)22-10-16(24)21-30(22,27)28/h4-9,20,23H,10H2,1-3H3,(H,21,24). The van der Waals surface area contributed by atoms with Crippen molar-refractivity contribution in [1.29, 1.82) is 0 Å². The summed E-state index contributed by atoms with van der Waals surface area (Å²) in [5.74, 6) is -2.97. The lowest BCUT2D eigenvalue weighted by Crippen LogP contribution is -2.30. The van der Waals surface area contributed by atoms with Gasteiger partial charge in [-0.3, -0.25) is 9.52 Å². The Morgan fingerprint density at radius 3 is 2.23 bits per heavy atom. The van der Waals surface area contributed by atoms with Gasteiger partial charge in [0, 0.05) is 12.1 Å². The van der Waals surface area contributed by atoms with Crippen LogP contribution in [0.3, 0.4) is 0 Å². The van der Waals surface area contributed by atoms with Gasteiger partial charge in [0.1, 0.15) is 18.0 Å². The molecule has 9 nitrogen and oxygen atoms in total. The Kier molecular flexibility index (Phi) is 5.19. The third-order valence-corrected chi connectivity index (χ3v) is 7.17. The van der Waals surface area contributed by atoms with Crippen LogP contribution in [0.25, 0.3) is 0 Å². The van der Waals surface area contributed by atoms with E-state index in [-0.39, 0.29) is 16.0 Å². The van der Waals surface area contributed by atoms with E-state index in [9.17, 15) is 31.1 Å². The minimum Gasteiger partial charge on any atom is -0.506 e. The van der Waals surface area contributed by atoms with E-state index in [1.54, 1.807) is 16.9 Å². The second-order valence-electron chi connectivity index (χ2n) is 7.74. The lowest BCUT2D eigenvalue weighted by molar-refractivity contribution is -0.117. The first-order valence-corrected chi connectivity index (χ1v) is 11.6. The molecule has 0 aromatic heterocycles. The van der Waals surface area contributed by atoms with Crippen molar-refractivity contribution in [3.63, 3.8) is 0 Å². The van der Waals surface area contributed by atoms with Crippen LogP contribution in [0, 0.1) is 5.82 Å². The monoisotopic (exact) mass is 457 g/mol. The van der Waals surface area contributed by atoms with E-state index in [0.29, 0.717) is 10.4 Å². The Bertz CT molecular complexity index is 1200. The van der Waals surface area contributed by atoms with Gasteiger partial charge in [-0.2, -0.15) is 8.42 Å². The zero-order valence-corrected chi connectivity index (χ0v) is 17.9. The fourth-order valence-corrected chi connectivity index (χ4v) is 5.10. The topological polar surface area (TPSA) is 133 Å². The molecule has 1 aliphatic rings. The summed E-state index contributed by atoms with van der Waals surface area (Å²) < 4.78 is 67.7. The minimum atomic E-state index is -4.35. The maximum atomic E-state index is 14.6. The van der Waals surface area contributed by atoms with Crippen LogP contribution in [0.15, 0.2) is 41.3 Å². The van der Waals surface area contributed by atoms with Crippen LogP contribution in [0.5, 0.6) is 5.75 Å². The fourth-order valence-electron chi connectivity index (χ4n) is 2.88. The molecule has 162 valence electrons. The Balaban J connectivity index is 1.91. The van der Waals surface area contributed by atoms with Gasteiger partial charge in [0.15, 0.2) is 5.82 Å². The molecule has 1 saturated heterocycles. The maximum Gasteiger partial charge on any atom is 0.326 e. The van der Waals surface area contributed by atoms with Gasteiger partial charge in [-0.15, -0.1) is 0 Å². The molecule has 30 heavy (non-hydrogen) atoms. The fraction of sp³-hybridized carbons (Fsp3) is 0.278. The predicted octanol–water partition coefficient (Wildman–Crippen LogP) is 1.81. The number of carbonyl (C=O) groups is 1. The van der Waals surface area contributed by atoms with Crippen molar-refractivity contribution < 1.29 is 31.1 Å². The molecule has 1 aliphatic heterocycles. The van der Waals surface area contributed by atoms with Gasteiger partial charge in [0.2, 0.25) is 0 Å². The molecule has 0 aliphatic carbocycles. The normalized spacial score (nSPS) is 16.4. The highest BCUT2D eigenvalue weighted by Gasteiger charge is 2.37. The minimum absolute atomic E-state index is 0.0728. The molecule has 0 saturated carbocycles. The van der Waals surface area contributed by atoms with Gasteiger partial charge < -0.3 is 5.11 Å². The van der Waals surface area contributed by atoms with Gasteiger partial charge in [0.05, 0.1) is 10.6 Å². The highest BCUT2D eigenvalue weighted by Crippen LogP contribution is 2.36. The molecule has 0 radical (unpaired) electrons. The first kappa shape index (κ1) is 21.8. The molecule has 3 rings (SSSR count). The van der Waals surface area contributed by atoms with Crippen molar-refractivity contribution in [3.05, 3.63) is 47.8 Å². The molecular formula is C18H20FN3O6S2. The number of benzene rings is 2. The van der Waals surface area contributed by atoms with Gasteiger partial charge in [-0.05, 0) is 23.1 Å². The Labute approximate surface area is 173 Å². The molecule has 0 unspecified atom stereocenters. The summed E-state index contributed by atoms with van der Waals surface area (Å²) in [5, 5.41) is 10.1. The van der Waals surface area contributed by atoms with Crippen LogP contribution < -0.4 is 13.7 Å². The Morgan fingerprint density at radius 1 is 1.17 bits per heavy atom. The molecule has 1 fully saturated rings. The number of phenols is 1. The number of hydrogen-bond acceptors (Lipinski definition) is 6. The van der Waals surface area contributed by atoms with Crippen LogP contribution in [0.2, 0.25) is 0 Å². The second-order valence-corrected chi connectivity index (χ2v) is 11.0. The number of sulfonamides is 1. The number of hydrogen-bond donors (Lipinski definition) is 3. The smallest absolute Gasteiger partial charge is 0.326 e. The second kappa shape index (κ2) is 7.13. The highest BCUT2D eigenvalue weighted by atomic mass is 32.2. The molecular weight excluding hydrogens is 437 g/mol. The van der Waals surface area contributed by atoms with E-state index < -0.39 is 49.9 Å². The molecule has 1 amide bonds. The lowest BCUT2D eigenvalue weighted by atomic mass is 9.87. The Hall–Kier alpha value is -2.86. The highest BCUT2D eigenvalue weighted by molar-refractivity contribution is 7.92. The summed E-state index contributed by atoms with van der Waals surface area (Å²) in [4.78, 5) is 11.3. The zero-order chi connectivity index (χ0) is 22.5. The SMILES string of the molecule is CC(C)(C)c1ccc(S(=O)(=O)Nc2cc(O)c(N3CC(=O)NS3(=O)=O)c(F)c2)cc1. The van der Waals surface area contributed by atoms with E-state index in [1.165, 1.54) is 12.1 Å². The third kappa shape index (κ3) is 4.19.